The largest absolute Gasteiger partial charge is 0.357 e. The normalized spacial score (nSPS) is 11.8. The topological polar surface area (TPSA) is 65.1 Å². The zero-order valence-electron chi connectivity index (χ0n) is 15.6. The Bertz CT molecular complexity index is 627. The first kappa shape index (κ1) is 21.5. The number of aromatic amines is 1. The van der Waals surface area contributed by atoms with E-state index in [0.717, 1.165) is 31.2 Å². The van der Waals surface area contributed by atoms with E-state index in [1.165, 1.54) is 11.1 Å². The van der Waals surface area contributed by atoms with Crippen molar-refractivity contribution in [2.75, 3.05) is 13.1 Å². The van der Waals surface area contributed by atoms with Crippen molar-refractivity contribution in [1.82, 2.24) is 20.8 Å². The van der Waals surface area contributed by atoms with Gasteiger partial charge in [-0.2, -0.15) is 5.10 Å². The molecule has 0 saturated heterocycles. The molecule has 0 unspecified atom stereocenters. The summed E-state index contributed by atoms with van der Waals surface area (Å²) in [6.07, 6.45) is 2.71. The smallest absolute Gasteiger partial charge is 0.191 e. The summed E-state index contributed by atoms with van der Waals surface area (Å²) in [5.41, 5.74) is 3.91. The van der Waals surface area contributed by atoms with E-state index in [-0.39, 0.29) is 29.4 Å². The highest BCUT2D eigenvalue weighted by atomic mass is 127. The Morgan fingerprint density at radius 1 is 1.12 bits per heavy atom. The van der Waals surface area contributed by atoms with Crippen LogP contribution < -0.4 is 10.6 Å². The van der Waals surface area contributed by atoms with Crippen molar-refractivity contribution in [3.8, 4) is 0 Å². The van der Waals surface area contributed by atoms with Crippen molar-refractivity contribution in [1.29, 1.82) is 0 Å². The molecular weight excluding hydrogens is 425 g/mol. The number of rotatable bonds is 6. The molecule has 2 rings (SSSR count). The Morgan fingerprint density at radius 3 is 2.40 bits per heavy atom. The maximum atomic E-state index is 4.56. The summed E-state index contributed by atoms with van der Waals surface area (Å²) in [6.45, 7) is 11.1. The predicted molar refractivity (Wildman–Crippen MR) is 116 cm³/mol. The van der Waals surface area contributed by atoms with Crippen molar-refractivity contribution < 1.29 is 0 Å². The van der Waals surface area contributed by atoms with Gasteiger partial charge in [0.15, 0.2) is 5.96 Å². The number of hydrogen-bond donors (Lipinski definition) is 3. The molecule has 1 aromatic carbocycles. The fourth-order valence-electron chi connectivity index (χ4n) is 2.38. The van der Waals surface area contributed by atoms with Crippen LogP contribution in [0.5, 0.6) is 0 Å². The molecule has 0 aliphatic heterocycles. The number of nitrogens with one attached hydrogen (secondary N) is 3. The van der Waals surface area contributed by atoms with Crippen LogP contribution in [-0.4, -0.2) is 29.2 Å². The predicted octanol–water partition coefficient (Wildman–Crippen LogP) is 3.62. The van der Waals surface area contributed by atoms with Crippen LogP contribution in [0.25, 0.3) is 0 Å². The van der Waals surface area contributed by atoms with E-state index in [9.17, 15) is 0 Å². The molecule has 0 spiro atoms. The summed E-state index contributed by atoms with van der Waals surface area (Å²) < 4.78 is 0. The number of halogens is 1. The average Bonchev–Trinajstić information content (AvgIpc) is 3.05. The third-order valence-corrected chi connectivity index (χ3v) is 3.84. The van der Waals surface area contributed by atoms with E-state index in [1.807, 2.05) is 6.07 Å². The molecular formula is C19H30IN5. The van der Waals surface area contributed by atoms with E-state index < -0.39 is 0 Å². The van der Waals surface area contributed by atoms with Crippen LogP contribution in [0.3, 0.4) is 0 Å². The van der Waals surface area contributed by atoms with Crippen LogP contribution in [0.1, 0.15) is 44.5 Å². The van der Waals surface area contributed by atoms with Gasteiger partial charge in [-0.25, -0.2) is 4.99 Å². The molecule has 1 aromatic heterocycles. The molecule has 3 N–H and O–H groups in total. The van der Waals surface area contributed by atoms with Gasteiger partial charge in [0.05, 0.1) is 12.2 Å². The van der Waals surface area contributed by atoms with Gasteiger partial charge in [-0.1, -0.05) is 45.0 Å². The minimum absolute atomic E-state index is 0. The first-order valence-corrected chi connectivity index (χ1v) is 8.59. The lowest BCUT2D eigenvalue weighted by Gasteiger charge is -2.19. The molecule has 0 fully saturated rings. The van der Waals surface area contributed by atoms with Gasteiger partial charge in [-0.3, -0.25) is 5.10 Å². The highest BCUT2D eigenvalue weighted by molar-refractivity contribution is 14.0. The van der Waals surface area contributed by atoms with Crippen LogP contribution in [-0.2, 0) is 18.4 Å². The maximum absolute atomic E-state index is 4.56. The monoisotopic (exact) mass is 455 g/mol. The Morgan fingerprint density at radius 2 is 1.84 bits per heavy atom. The molecule has 0 amide bonds. The molecule has 0 saturated carbocycles. The standard InChI is InChI=1S/C19H29N5.HI/c1-5-20-18(22-14-17-11-13-23-24-17)21-12-10-15-6-8-16(9-7-15)19(2,3)4;/h6-9,11,13H,5,10,12,14H2,1-4H3,(H,23,24)(H2,20,21,22);1H. The third kappa shape index (κ3) is 7.46. The summed E-state index contributed by atoms with van der Waals surface area (Å²) in [7, 11) is 0. The van der Waals surface area contributed by atoms with Gasteiger partial charge in [-0.15, -0.1) is 24.0 Å². The van der Waals surface area contributed by atoms with Crippen molar-refractivity contribution in [2.45, 2.75) is 46.1 Å². The second-order valence-electron chi connectivity index (χ2n) is 6.90. The van der Waals surface area contributed by atoms with Crippen LogP contribution >= 0.6 is 24.0 Å². The van der Waals surface area contributed by atoms with Crippen LogP contribution in [0, 0.1) is 0 Å². The molecule has 138 valence electrons. The summed E-state index contributed by atoms with van der Waals surface area (Å²) >= 11 is 0. The molecule has 0 radical (unpaired) electrons. The summed E-state index contributed by atoms with van der Waals surface area (Å²) in [5, 5.41) is 13.5. The molecule has 1 heterocycles. The van der Waals surface area contributed by atoms with Crippen molar-refractivity contribution in [2.24, 2.45) is 4.99 Å². The minimum atomic E-state index is 0. The maximum Gasteiger partial charge on any atom is 0.191 e. The zero-order chi connectivity index (χ0) is 17.4. The van der Waals surface area contributed by atoms with Gasteiger partial charge in [0, 0.05) is 19.3 Å². The van der Waals surface area contributed by atoms with Gasteiger partial charge in [-0.05, 0) is 36.0 Å². The Labute approximate surface area is 168 Å². The first-order valence-electron chi connectivity index (χ1n) is 8.59. The van der Waals surface area contributed by atoms with Crippen LogP contribution in [0.2, 0.25) is 0 Å². The summed E-state index contributed by atoms with van der Waals surface area (Å²) in [4.78, 5) is 4.56. The molecule has 0 aliphatic carbocycles. The third-order valence-electron chi connectivity index (χ3n) is 3.84. The number of aliphatic imine (C=N–C) groups is 1. The van der Waals surface area contributed by atoms with E-state index in [1.54, 1.807) is 6.20 Å². The van der Waals surface area contributed by atoms with E-state index in [0.29, 0.717) is 6.54 Å². The van der Waals surface area contributed by atoms with Crippen LogP contribution in [0.4, 0.5) is 0 Å². The lowest BCUT2D eigenvalue weighted by atomic mass is 9.86. The Hall–Kier alpha value is -1.57. The molecule has 0 atom stereocenters. The Kier molecular flexibility index (Phi) is 8.96. The lowest BCUT2D eigenvalue weighted by Crippen LogP contribution is -2.38. The molecule has 2 aromatic rings. The fraction of sp³-hybridized carbons (Fsp3) is 0.474. The van der Waals surface area contributed by atoms with E-state index in [4.69, 9.17) is 0 Å². The Balaban J connectivity index is 0.00000312. The molecule has 25 heavy (non-hydrogen) atoms. The quantitative estimate of drug-likeness (QED) is 0.354. The second kappa shape index (κ2) is 10.4. The number of nitrogens with zero attached hydrogens (tertiary/aromatic N) is 2. The van der Waals surface area contributed by atoms with Crippen molar-refractivity contribution >= 4 is 29.9 Å². The number of hydrogen-bond acceptors (Lipinski definition) is 2. The number of aromatic nitrogens is 2. The van der Waals surface area contributed by atoms with Gasteiger partial charge in [0.1, 0.15) is 0 Å². The fourth-order valence-corrected chi connectivity index (χ4v) is 2.38. The van der Waals surface area contributed by atoms with Gasteiger partial charge < -0.3 is 10.6 Å². The van der Waals surface area contributed by atoms with Crippen molar-refractivity contribution in [3.05, 3.63) is 53.3 Å². The number of benzene rings is 1. The van der Waals surface area contributed by atoms with Gasteiger partial charge in [0.25, 0.3) is 0 Å². The van der Waals surface area contributed by atoms with Crippen molar-refractivity contribution in [3.63, 3.8) is 0 Å². The second-order valence-corrected chi connectivity index (χ2v) is 6.90. The van der Waals surface area contributed by atoms with Gasteiger partial charge >= 0.3 is 0 Å². The molecule has 0 bridgehead atoms. The molecule has 0 aliphatic rings. The average molecular weight is 455 g/mol. The zero-order valence-corrected chi connectivity index (χ0v) is 17.9. The van der Waals surface area contributed by atoms with E-state index in [2.05, 4.69) is 77.8 Å². The number of H-pyrrole nitrogens is 1. The minimum Gasteiger partial charge on any atom is -0.357 e. The summed E-state index contributed by atoms with van der Waals surface area (Å²) in [6, 6.07) is 10.8. The lowest BCUT2D eigenvalue weighted by molar-refractivity contribution is 0.590. The van der Waals surface area contributed by atoms with Crippen LogP contribution in [0.15, 0.2) is 41.5 Å². The molecule has 6 heteroatoms. The number of guanidine groups is 1. The van der Waals surface area contributed by atoms with E-state index >= 15 is 0 Å². The molecule has 5 nitrogen and oxygen atoms in total. The summed E-state index contributed by atoms with van der Waals surface area (Å²) in [5.74, 6) is 0.832. The van der Waals surface area contributed by atoms with Gasteiger partial charge in [0.2, 0.25) is 0 Å². The first-order chi connectivity index (χ1) is 11.5. The highest BCUT2D eigenvalue weighted by Gasteiger charge is 2.12. The SMILES string of the molecule is CCNC(=NCc1ccn[nH]1)NCCc1ccc(C(C)(C)C)cc1.I. The highest BCUT2D eigenvalue weighted by Crippen LogP contribution is 2.22.